The molecule has 2 aliphatic carbocycles. The van der Waals surface area contributed by atoms with Crippen LogP contribution in [0.1, 0.15) is 76.5 Å². The summed E-state index contributed by atoms with van der Waals surface area (Å²) in [5.41, 5.74) is 8.90. The Hall–Kier alpha value is -4.43. The molecule has 6 aromatic rings. The maximum Gasteiger partial charge on any atom is 0.495 e. The zero-order chi connectivity index (χ0) is 32.1. The fourth-order valence-corrected chi connectivity index (χ4v) is 8.81. The molecule has 1 heterocycles. The van der Waals surface area contributed by atoms with Crippen molar-refractivity contribution in [1.82, 2.24) is 0 Å². The van der Waals surface area contributed by atoms with Crippen molar-refractivity contribution in [3.05, 3.63) is 114 Å². The Kier molecular flexibility index (Phi) is 6.14. The van der Waals surface area contributed by atoms with Crippen LogP contribution in [-0.4, -0.2) is 18.3 Å². The molecule has 3 aliphatic rings. The van der Waals surface area contributed by atoms with Gasteiger partial charge in [0.15, 0.2) is 0 Å². The predicted octanol–water partition coefficient (Wildman–Crippen LogP) is 10.2. The highest BCUT2D eigenvalue weighted by molar-refractivity contribution is 6.66. The van der Waals surface area contributed by atoms with Gasteiger partial charge in [-0.2, -0.15) is 5.26 Å². The molecule has 4 heteroatoms. The zero-order valence-corrected chi connectivity index (χ0v) is 27.6. The van der Waals surface area contributed by atoms with Gasteiger partial charge in [-0.05, 0) is 136 Å². The topological polar surface area (TPSA) is 42.2 Å². The summed E-state index contributed by atoms with van der Waals surface area (Å²) in [5, 5.41) is 17.1. The minimum atomic E-state index is -0.445. The molecule has 230 valence electrons. The number of nitriles is 1. The van der Waals surface area contributed by atoms with Crippen LogP contribution in [0.5, 0.6) is 0 Å². The minimum absolute atomic E-state index is 0.0249. The maximum absolute atomic E-state index is 9.79. The van der Waals surface area contributed by atoms with Crippen molar-refractivity contribution < 1.29 is 9.31 Å². The van der Waals surface area contributed by atoms with Crippen LogP contribution in [0.3, 0.4) is 0 Å². The van der Waals surface area contributed by atoms with Gasteiger partial charge in [0.05, 0.1) is 22.8 Å². The maximum atomic E-state index is 9.79. The van der Waals surface area contributed by atoms with Crippen LogP contribution < -0.4 is 5.46 Å². The lowest BCUT2D eigenvalue weighted by atomic mass is 9.67. The normalized spacial score (nSPS) is 18.9. The quantitative estimate of drug-likeness (QED) is 0.145. The third-order valence-electron chi connectivity index (χ3n) is 11.9. The molecule has 0 bridgehead atoms. The van der Waals surface area contributed by atoms with E-state index in [0.29, 0.717) is 0 Å². The van der Waals surface area contributed by atoms with Crippen molar-refractivity contribution in [2.24, 2.45) is 0 Å². The number of fused-ring (bicyclic) bond motifs is 10. The lowest BCUT2D eigenvalue weighted by Crippen LogP contribution is -2.41. The van der Waals surface area contributed by atoms with Gasteiger partial charge in [-0.1, -0.05) is 92.1 Å². The Labute approximate surface area is 277 Å². The number of nitrogens with zero attached hydrogens (tertiary/aromatic N) is 1. The average molecular weight is 612 g/mol. The Balaban J connectivity index is 1.28. The van der Waals surface area contributed by atoms with Crippen molar-refractivity contribution in [3.8, 4) is 28.3 Å². The van der Waals surface area contributed by atoms with E-state index >= 15 is 0 Å². The van der Waals surface area contributed by atoms with Crippen molar-refractivity contribution >= 4 is 44.9 Å². The third-order valence-corrected chi connectivity index (χ3v) is 11.9. The fourth-order valence-electron chi connectivity index (χ4n) is 8.81. The Bertz CT molecular complexity index is 2310. The standard InChI is InChI=1S/C43H38BNO2/c1-41(2)42(3,4)47-44(46-41)40-25-37-30-13-7-6-12-29(30)35(24-36(37)31-14-8-9-15-34(31)40)28-17-19-33-32-18-16-27(26-45)22-38(32)43(39(33)23-28)20-10-5-11-21-43/h6-9,12-19,22-25H,5,10-11,20-21H2,1-4H3. The first-order valence-electron chi connectivity index (χ1n) is 17.1. The average Bonchev–Trinajstić information content (AvgIpc) is 3.48. The van der Waals surface area contributed by atoms with E-state index in [9.17, 15) is 5.26 Å². The van der Waals surface area contributed by atoms with E-state index in [2.05, 4.69) is 125 Å². The van der Waals surface area contributed by atoms with Crippen molar-refractivity contribution in [2.45, 2.75) is 76.4 Å². The van der Waals surface area contributed by atoms with Crippen molar-refractivity contribution in [1.29, 1.82) is 5.26 Å². The van der Waals surface area contributed by atoms with E-state index in [4.69, 9.17) is 9.31 Å². The summed E-state index contributed by atoms with van der Waals surface area (Å²) in [5.74, 6) is 0. The molecular weight excluding hydrogens is 573 g/mol. The molecule has 1 spiro atoms. The molecule has 0 aromatic heterocycles. The van der Waals surface area contributed by atoms with E-state index in [0.717, 1.165) is 23.9 Å². The molecule has 1 aliphatic heterocycles. The minimum Gasteiger partial charge on any atom is -0.399 e. The van der Waals surface area contributed by atoms with Crippen LogP contribution in [0.2, 0.25) is 0 Å². The van der Waals surface area contributed by atoms with E-state index < -0.39 is 18.3 Å². The van der Waals surface area contributed by atoms with Crippen molar-refractivity contribution in [2.75, 3.05) is 0 Å². The Morgan fingerprint density at radius 3 is 1.83 bits per heavy atom. The van der Waals surface area contributed by atoms with Gasteiger partial charge < -0.3 is 9.31 Å². The third kappa shape index (κ3) is 4.06. The van der Waals surface area contributed by atoms with Crippen LogP contribution in [-0.2, 0) is 14.7 Å². The first kappa shape index (κ1) is 28.8. The molecule has 1 saturated carbocycles. The summed E-state index contributed by atoms with van der Waals surface area (Å²) >= 11 is 0. The highest BCUT2D eigenvalue weighted by atomic mass is 16.7. The second-order valence-electron chi connectivity index (χ2n) is 14.9. The zero-order valence-electron chi connectivity index (χ0n) is 27.6. The highest BCUT2D eigenvalue weighted by Gasteiger charge is 2.52. The van der Waals surface area contributed by atoms with E-state index in [1.54, 1.807) is 0 Å². The summed E-state index contributed by atoms with van der Waals surface area (Å²) in [4.78, 5) is 0. The van der Waals surface area contributed by atoms with Gasteiger partial charge in [0.2, 0.25) is 0 Å². The van der Waals surface area contributed by atoms with Crippen LogP contribution in [0.4, 0.5) is 0 Å². The molecule has 0 atom stereocenters. The van der Waals surface area contributed by atoms with Crippen LogP contribution >= 0.6 is 0 Å². The van der Waals surface area contributed by atoms with Gasteiger partial charge in [-0.15, -0.1) is 0 Å². The largest absolute Gasteiger partial charge is 0.495 e. The highest BCUT2D eigenvalue weighted by Crippen LogP contribution is 2.57. The fraction of sp³-hybridized carbons (Fsp3) is 0.279. The molecule has 0 N–H and O–H groups in total. The monoisotopic (exact) mass is 611 g/mol. The van der Waals surface area contributed by atoms with Crippen LogP contribution in [0, 0.1) is 11.3 Å². The lowest BCUT2D eigenvalue weighted by Gasteiger charge is -2.36. The van der Waals surface area contributed by atoms with Gasteiger partial charge in [0, 0.05) is 5.41 Å². The first-order chi connectivity index (χ1) is 22.7. The second-order valence-corrected chi connectivity index (χ2v) is 14.9. The molecule has 3 nitrogen and oxygen atoms in total. The van der Waals surface area contributed by atoms with Gasteiger partial charge in [0.25, 0.3) is 0 Å². The molecule has 2 fully saturated rings. The van der Waals surface area contributed by atoms with Gasteiger partial charge in [-0.3, -0.25) is 0 Å². The molecular formula is C43H38BNO2. The molecule has 6 aromatic carbocycles. The summed E-state index contributed by atoms with van der Waals surface area (Å²) in [6, 6.07) is 38.2. The number of hydrogen-bond donors (Lipinski definition) is 0. The number of hydrogen-bond acceptors (Lipinski definition) is 3. The van der Waals surface area contributed by atoms with E-state index in [-0.39, 0.29) is 5.41 Å². The first-order valence-corrected chi connectivity index (χ1v) is 17.1. The molecule has 1 saturated heterocycles. The molecule has 0 radical (unpaired) electrons. The molecule has 0 unspecified atom stereocenters. The summed E-state index contributed by atoms with van der Waals surface area (Å²) in [6.07, 6.45) is 5.98. The summed E-state index contributed by atoms with van der Waals surface area (Å²) in [6.45, 7) is 8.47. The van der Waals surface area contributed by atoms with Crippen LogP contribution in [0.15, 0.2) is 97.1 Å². The number of rotatable bonds is 2. The van der Waals surface area contributed by atoms with Crippen molar-refractivity contribution in [3.63, 3.8) is 0 Å². The van der Waals surface area contributed by atoms with Gasteiger partial charge >= 0.3 is 7.12 Å². The van der Waals surface area contributed by atoms with E-state index in [1.165, 1.54) is 85.0 Å². The van der Waals surface area contributed by atoms with Crippen LogP contribution in [0.25, 0.3) is 54.6 Å². The second kappa shape index (κ2) is 10.0. The smallest absolute Gasteiger partial charge is 0.399 e. The van der Waals surface area contributed by atoms with Gasteiger partial charge in [-0.25, -0.2) is 0 Å². The SMILES string of the molecule is CC1(C)OB(c2cc3c4ccccc4c(-c4ccc5c(c4)C4(CCCCC4)c4cc(C#N)ccc4-5)cc3c3ccccc23)OC1(C)C. The number of benzene rings is 6. The summed E-state index contributed by atoms with van der Waals surface area (Å²) < 4.78 is 13.2. The molecule has 9 rings (SSSR count). The molecule has 0 amide bonds. The lowest BCUT2D eigenvalue weighted by molar-refractivity contribution is 0.00578. The Morgan fingerprint density at radius 1 is 0.574 bits per heavy atom. The predicted molar refractivity (Wildman–Crippen MR) is 194 cm³/mol. The van der Waals surface area contributed by atoms with Gasteiger partial charge in [0.1, 0.15) is 0 Å². The summed E-state index contributed by atoms with van der Waals surface area (Å²) in [7, 11) is -0.445. The van der Waals surface area contributed by atoms with E-state index in [1.807, 2.05) is 6.07 Å². The Morgan fingerprint density at radius 2 is 1.15 bits per heavy atom. The molecule has 47 heavy (non-hydrogen) atoms.